The van der Waals surface area contributed by atoms with Gasteiger partial charge in [0.25, 0.3) is 5.91 Å². The van der Waals surface area contributed by atoms with Gasteiger partial charge in [-0.1, -0.05) is 63.2 Å². The second-order valence-corrected chi connectivity index (χ2v) is 9.11. The Labute approximate surface area is 185 Å². The predicted octanol–water partition coefficient (Wildman–Crippen LogP) is 5.56. The number of para-hydroxylation sites is 3. The highest BCUT2D eigenvalue weighted by Gasteiger charge is 2.20. The number of carbonyl (C=O) groups excluding carboxylic acids is 1. The van der Waals surface area contributed by atoms with E-state index in [1.165, 1.54) is 11.3 Å². The fourth-order valence-electron chi connectivity index (χ4n) is 4.02. The number of hydrogen-bond acceptors (Lipinski definition) is 3. The summed E-state index contributed by atoms with van der Waals surface area (Å²) in [5.74, 6) is -0.0733. The summed E-state index contributed by atoms with van der Waals surface area (Å²) in [6.45, 7) is 10.3. The molecule has 0 atom stereocenters. The zero-order valence-corrected chi connectivity index (χ0v) is 18.6. The van der Waals surface area contributed by atoms with Crippen molar-refractivity contribution >= 4 is 23.0 Å². The van der Waals surface area contributed by atoms with Crippen molar-refractivity contribution in [1.29, 1.82) is 0 Å². The predicted molar refractivity (Wildman–Crippen MR) is 130 cm³/mol. The van der Waals surface area contributed by atoms with E-state index >= 15 is 0 Å². The van der Waals surface area contributed by atoms with Gasteiger partial charge in [0.05, 0.1) is 11.4 Å². The van der Waals surface area contributed by atoms with E-state index in [2.05, 4.69) is 72.3 Å². The van der Waals surface area contributed by atoms with Crippen LogP contribution >= 0.6 is 0 Å². The standard InChI is InChI=1S/C27H31N3O/c1-27(2,3)22-15-13-21(14-16-22)26(31)28-24-11-7-8-12-25(24)30-19-17-29(18-20-30)23-9-5-4-6-10-23/h4-16H,17-20H2,1-3H3,(H,28,31). The summed E-state index contributed by atoms with van der Waals surface area (Å²) >= 11 is 0. The highest BCUT2D eigenvalue weighted by molar-refractivity contribution is 6.06. The second kappa shape index (κ2) is 8.84. The van der Waals surface area contributed by atoms with Crippen LogP contribution in [0.3, 0.4) is 0 Å². The average molecular weight is 414 g/mol. The van der Waals surface area contributed by atoms with Crippen LogP contribution in [0.5, 0.6) is 0 Å². The van der Waals surface area contributed by atoms with E-state index in [0.29, 0.717) is 5.56 Å². The Morgan fingerprint density at radius 3 is 1.97 bits per heavy atom. The summed E-state index contributed by atoms with van der Waals surface area (Å²) in [6.07, 6.45) is 0. The molecule has 160 valence electrons. The van der Waals surface area contributed by atoms with Crippen molar-refractivity contribution in [2.75, 3.05) is 41.3 Å². The summed E-state index contributed by atoms with van der Waals surface area (Å²) in [5, 5.41) is 3.13. The molecule has 0 radical (unpaired) electrons. The van der Waals surface area contributed by atoms with Gasteiger partial charge in [-0.25, -0.2) is 0 Å². The quantitative estimate of drug-likeness (QED) is 0.608. The van der Waals surface area contributed by atoms with Gasteiger partial charge in [-0.2, -0.15) is 0 Å². The van der Waals surface area contributed by atoms with Crippen LogP contribution in [0, 0.1) is 0 Å². The fourth-order valence-corrected chi connectivity index (χ4v) is 4.02. The first-order valence-electron chi connectivity index (χ1n) is 11.0. The van der Waals surface area contributed by atoms with Crippen LogP contribution in [-0.4, -0.2) is 32.1 Å². The van der Waals surface area contributed by atoms with Gasteiger partial charge in [0.1, 0.15) is 0 Å². The normalized spacial score (nSPS) is 14.4. The van der Waals surface area contributed by atoms with Crippen molar-refractivity contribution in [3.63, 3.8) is 0 Å². The van der Waals surface area contributed by atoms with Gasteiger partial charge in [0, 0.05) is 37.4 Å². The minimum Gasteiger partial charge on any atom is -0.368 e. The minimum atomic E-state index is -0.0733. The van der Waals surface area contributed by atoms with Gasteiger partial charge in [0.2, 0.25) is 0 Å². The first kappa shape index (κ1) is 21.0. The molecule has 4 nitrogen and oxygen atoms in total. The van der Waals surface area contributed by atoms with E-state index in [-0.39, 0.29) is 11.3 Å². The highest BCUT2D eigenvalue weighted by Crippen LogP contribution is 2.28. The Morgan fingerprint density at radius 2 is 1.32 bits per heavy atom. The third kappa shape index (κ3) is 4.91. The van der Waals surface area contributed by atoms with Gasteiger partial charge in [-0.15, -0.1) is 0 Å². The molecule has 0 unspecified atom stereocenters. The molecule has 0 bridgehead atoms. The van der Waals surface area contributed by atoms with Crippen LogP contribution < -0.4 is 15.1 Å². The smallest absolute Gasteiger partial charge is 0.255 e. The monoisotopic (exact) mass is 413 g/mol. The highest BCUT2D eigenvalue weighted by atomic mass is 16.1. The Bertz CT molecular complexity index is 1010. The summed E-state index contributed by atoms with van der Waals surface area (Å²) in [4.78, 5) is 17.7. The van der Waals surface area contributed by atoms with E-state index < -0.39 is 0 Å². The molecule has 0 aliphatic carbocycles. The number of hydrogen-bond donors (Lipinski definition) is 1. The zero-order valence-electron chi connectivity index (χ0n) is 18.6. The van der Waals surface area contributed by atoms with E-state index in [0.717, 1.165) is 37.6 Å². The molecule has 1 heterocycles. The number of amides is 1. The lowest BCUT2D eigenvalue weighted by Crippen LogP contribution is -2.46. The lowest BCUT2D eigenvalue weighted by molar-refractivity contribution is 0.102. The Morgan fingerprint density at radius 1 is 0.742 bits per heavy atom. The molecule has 1 saturated heterocycles. The number of rotatable bonds is 4. The molecule has 1 N–H and O–H groups in total. The Kier molecular flexibility index (Phi) is 5.99. The number of carbonyl (C=O) groups is 1. The number of piperazine rings is 1. The zero-order chi connectivity index (χ0) is 21.8. The maximum absolute atomic E-state index is 12.9. The number of anilines is 3. The number of nitrogens with zero attached hydrogens (tertiary/aromatic N) is 2. The molecule has 31 heavy (non-hydrogen) atoms. The molecule has 3 aromatic carbocycles. The van der Waals surface area contributed by atoms with Gasteiger partial charge in [-0.05, 0) is 47.4 Å². The van der Waals surface area contributed by atoms with Gasteiger partial charge >= 0.3 is 0 Å². The number of benzene rings is 3. The summed E-state index contributed by atoms with van der Waals surface area (Å²) in [6, 6.07) is 26.5. The largest absolute Gasteiger partial charge is 0.368 e. The molecule has 1 aliphatic rings. The maximum Gasteiger partial charge on any atom is 0.255 e. The molecule has 4 heteroatoms. The number of nitrogens with one attached hydrogen (secondary N) is 1. The van der Waals surface area contributed by atoms with E-state index in [1.807, 2.05) is 42.5 Å². The van der Waals surface area contributed by atoms with E-state index in [9.17, 15) is 4.79 Å². The molecular weight excluding hydrogens is 382 g/mol. The third-order valence-corrected chi connectivity index (χ3v) is 5.91. The summed E-state index contributed by atoms with van der Waals surface area (Å²) in [5.41, 5.74) is 5.18. The molecule has 0 saturated carbocycles. The van der Waals surface area contributed by atoms with E-state index in [1.54, 1.807) is 0 Å². The van der Waals surface area contributed by atoms with Crippen molar-refractivity contribution in [2.24, 2.45) is 0 Å². The van der Waals surface area contributed by atoms with Gasteiger partial charge in [0.15, 0.2) is 0 Å². The molecule has 1 fully saturated rings. The van der Waals surface area contributed by atoms with Gasteiger partial charge < -0.3 is 15.1 Å². The maximum atomic E-state index is 12.9. The molecule has 0 spiro atoms. The third-order valence-electron chi connectivity index (χ3n) is 5.91. The lowest BCUT2D eigenvalue weighted by atomic mass is 9.87. The molecular formula is C27H31N3O. The first-order valence-corrected chi connectivity index (χ1v) is 11.0. The summed E-state index contributed by atoms with van der Waals surface area (Å²) < 4.78 is 0. The van der Waals surface area contributed by atoms with Crippen LogP contribution in [0.25, 0.3) is 0 Å². The van der Waals surface area contributed by atoms with Crippen LogP contribution in [0.2, 0.25) is 0 Å². The SMILES string of the molecule is CC(C)(C)c1ccc(C(=O)Nc2ccccc2N2CCN(c3ccccc3)CC2)cc1. The molecule has 4 rings (SSSR count). The summed E-state index contributed by atoms with van der Waals surface area (Å²) in [7, 11) is 0. The minimum absolute atomic E-state index is 0.0729. The van der Waals surface area contributed by atoms with Crippen LogP contribution in [0.1, 0.15) is 36.7 Å². The fraction of sp³-hybridized carbons (Fsp3) is 0.296. The van der Waals surface area contributed by atoms with Crippen molar-refractivity contribution in [2.45, 2.75) is 26.2 Å². The van der Waals surface area contributed by atoms with Crippen LogP contribution in [0.4, 0.5) is 17.1 Å². The average Bonchev–Trinajstić information content (AvgIpc) is 2.80. The van der Waals surface area contributed by atoms with Crippen molar-refractivity contribution in [1.82, 2.24) is 0 Å². The Balaban J connectivity index is 1.45. The molecule has 3 aromatic rings. The van der Waals surface area contributed by atoms with Crippen LogP contribution in [0.15, 0.2) is 78.9 Å². The van der Waals surface area contributed by atoms with Crippen LogP contribution in [-0.2, 0) is 5.41 Å². The second-order valence-electron chi connectivity index (χ2n) is 9.11. The van der Waals surface area contributed by atoms with Gasteiger partial charge in [-0.3, -0.25) is 4.79 Å². The van der Waals surface area contributed by atoms with Crippen molar-refractivity contribution in [3.8, 4) is 0 Å². The van der Waals surface area contributed by atoms with Crippen molar-refractivity contribution in [3.05, 3.63) is 90.0 Å². The molecule has 1 amide bonds. The van der Waals surface area contributed by atoms with Crippen molar-refractivity contribution < 1.29 is 4.79 Å². The topological polar surface area (TPSA) is 35.6 Å². The molecule has 0 aromatic heterocycles. The molecule has 1 aliphatic heterocycles. The van der Waals surface area contributed by atoms with E-state index in [4.69, 9.17) is 0 Å². The first-order chi connectivity index (χ1) is 14.9. The Hall–Kier alpha value is -3.27. The lowest BCUT2D eigenvalue weighted by Gasteiger charge is -2.38.